The van der Waals surface area contributed by atoms with Crippen LogP contribution in [-0.2, 0) is 10.1 Å². The number of nitrogens with zero attached hydrogens (tertiary/aromatic N) is 1. The largest absolute Gasteiger partial charge is 1.00 e. The Morgan fingerprint density at radius 2 is 2.08 bits per heavy atom. The molecule has 0 N–H and O–H groups in total. The van der Waals surface area contributed by atoms with Gasteiger partial charge in [0.05, 0.1) is 10.1 Å². The van der Waals surface area contributed by atoms with Crippen molar-refractivity contribution in [1.82, 2.24) is 4.90 Å². The zero-order valence-corrected chi connectivity index (χ0v) is 11.0. The van der Waals surface area contributed by atoms with Crippen LogP contribution < -0.4 is 29.6 Å². The van der Waals surface area contributed by atoms with Crippen LogP contribution in [0.2, 0.25) is 0 Å². The van der Waals surface area contributed by atoms with E-state index in [0.29, 0.717) is 19.5 Å². The molecule has 0 atom stereocenters. The summed E-state index contributed by atoms with van der Waals surface area (Å²) in [5.41, 5.74) is 0. The van der Waals surface area contributed by atoms with Crippen molar-refractivity contribution in [2.45, 2.75) is 6.42 Å². The van der Waals surface area contributed by atoms with Gasteiger partial charge in [0, 0.05) is 12.3 Å². The van der Waals surface area contributed by atoms with E-state index < -0.39 is 10.1 Å². The molecule has 0 radical (unpaired) electrons. The van der Waals surface area contributed by atoms with Gasteiger partial charge in [-0.15, -0.1) is 6.58 Å². The third kappa shape index (κ3) is 12.6. The maximum atomic E-state index is 10.2. The summed E-state index contributed by atoms with van der Waals surface area (Å²) in [6.07, 6.45) is 2.11. The number of hydrogen-bond donors (Lipinski definition) is 0. The van der Waals surface area contributed by atoms with Crippen LogP contribution in [0.4, 0.5) is 0 Å². The van der Waals surface area contributed by atoms with Gasteiger partial charge in [0.15, 0.2) is 0 Å². The van der Waals surface area contributed by atoms with Gasteiger partial charge < -0.3 is 9.45 Å². The number of likely N-dealkylation sites (N-methyl/N-ethyl adjacent to an activating group) is 1. The molecule has 0 amide bonds. The Kier molecular flexibility index (Phi) is 9.83. The third-order valence-electron chi connectivity index (χ3n) is 1.37. The van der Waals surface area contributed by atoms with Crippen LogP contribution in [0.5, 0.6) is 0 Å². The summed E-state index contributed by atoms with van der Waals surface area (Å²) < 4.78 is 30.5. The van der Waals surface area contributed by atoms with Crippen LogP contribution in [0.15, 0.2) is 12.7 Å². The predicted molar refractivity (Wildman–Crippen MR) is 46.9 cm³/mol. The second-order valence-corrected chi connectivity index (χ2v) is 4.19. The third-order valence-corrected chi connectivity index (χ3v) is 2.16. The predicted octanol–water partition coefficient (Wildman–Crippen LogP) is -2.96. The minimum Gasteiger partial charge on any atom is -0.748 e. The minimum absolute atomic E-state index is 0. The van der Waals surface area contributed by atoms with Gasteiger partial charge in [-0.3, -0.25) is 0 Å². The van der Waals surface area contributed by atoms with Crippen molar-refractivity contribution in [2.24, 2.45) is 0 Å². The fourth-order valence-electron chi connectivity index (χ4n) is 0.823. The van der Waals surface area contributed by atoms with Crippen molar-refractivity contribution < 1.29 is 42.5 Å². The van der Waals surface area contributed by atoms with E-state index in [1.807, 2.05) is 11.9 Å². The van der Waals surface area contributed by atoms with Gasteiger partial charge in [-0.25, -0.2) is 8.42 Å². The van der Waals surface area contributed by atoms with E-state index in [4.69, 9.17) is 0 Å². The smallest absolute Gasteiger partial charge is 0.748 e. The Morgan fingerprint density at radius 3 is 2.46 bits per heavy atom. The van der Waals surface area contributed by atoms with E-state index in [2.05, 4.69) is 6.58 Å². The Balaban J connectivity index is 0. The SMILES string of the molecule is C=CCN(C)CCCS(=O)(=O)[O-].[Na+]. The summed E-state index contributed by atoms with van der Waals surface area (Å²) in [7, 11) is -2.19. The fourth-order valence-corrected chi connectivity index (χ4v) is 1.31. The number of hydrogen-bond acceptors (Lipinski definition) is 4. The second-order valence-electron chi connectivity index (χ2n) is 2.67. The quantitative estimate of drug-likeness (QED) is 0.270. The van der Waals surface area contributed by atoms with Crippen LogP contribution in [-0.4, -0.2) is 43.8 Å². The molecule has 0 unspecified atom stereocenters. The van der Waals surface area contributed by atoms with Gasteiger partial charge in [0.25, 0.3) is 0 Å². The first kappa shape index (κ1) is 16.1. The molecule has 0 saturated heterocycles. The normalized spacial score (nSPS) is 11.0. The van der Waals surface area contributed by atoms with E-state index in [9.17, 15) is 13.0 Å². The molecule has 0 aliphatic rings. The average Bonchev–Trinajstić information content (AvgIpc) is 1.84. The van der Waals surface area contributed by atoms with Crippen molar-refractivity contribution in [2.75, 3.05) is 25.9 Å². The molecule has 0 rings (SSSR count). The molecule has 4 nitrogen and oxygen atoms in total. The van der Waals surface area contributed by atoms with E-state index in [0.717, 1.165) is 0 Å². The molecule has 0 aliphatic heterocycles. The number of rotatable bonds is 6. The summed E-state index contributed by atoms with van der Waals surface area (Å²) >= 11 is 0. The molecule has 72 valence electrons. The first-order valence-electron chi connectivity index (χ1n) is 3.68. The fraction of sp³-hybridized carbons (Fsp3) is 0.714. The average molecular weight is 215 g/mol. The van der Waals surface area contributed by atoms with Crippen LogP contribution in [0.1, 0.15) is 6.42 Å². The molecular formula is C7H14NNaO3S. The molecule has 0 bridgehead atoms. The van der Waals surface area contributed by atoms with Gasteiger partial charge in [-0.05, 0) is 20.0 Å². The molecule has 0 spiro atoms. The van der Waals surface area contributed by atoms with Crippen molar-refractivity contribution in [1.29, 1.82) is 0 Å². The Morgan fingerprint density at radius 1 is 1.54 bits per heavy atom. The van der Waals surface area contributed by atoms with Crippen LogP contribution in [0.25, 0.3) is 0 Å². The topological polar surface area (TPSA) is 60.4 Å². The summed E-state index contributed by atoms with van der Waals surface area (Å²) in [5, 5.41) is 0. The zero-order valence-electron chi connectivity index (χ0n) is 8.19. The molecule has 6 heteroatoms. The van der Waals surface area contributed by atoms with Gasteiger partial charge >= 0.3 is 29.6 Å². The van der Waals surface area contributed by atoms with Gasteiger partial charge in [-0.2, -0.15) is 0 Å². The summed E-state index contributed by atoms with van der Waals surface area (Å²) in [5.74, 6) is -0.283. The maximum absolute atomic E-state index is 10.2. The molecule has 13 heavy (non-hydrogen) atoms. The van der Waals surface area contributed by atoms with Crippen molar-refractivity contribution in [3.8, 4) is 0 Å². The molecule has 0 aromatic carbocycles. The van der Waals surface area contributed by atoms with Gasteiger partial charge in [0.2, 0.25) is 0 Å². The first-order chi connectivity index (χ1) is 5.45. The van der Waals surface area contributed by atoms with Crippen molar-refractivity contribution in [3.63, 3.8) is 0 Å². The Labute approximate surface area is 102 Å². The van der Waals surface area contributed by atoms with Crippen LogP contribution >= 0.6 is 0 Å². The van der Waals surface area contributed by atoms with E-state index in [-0.39, 0.29) is 35.3 Å². The molecule has 0 aromatic rings. The monoisotopic (exact) mass is 215 g/mol. The van der Waals surface area contributed by atoms with E-state index in [1.54, 1.807) is 6.08 Å². The van der Waals surface area contributed by atoms with Gasteiger partial charge in [-0.1, -0.05) is 6.08 Å². The molecule has 0 fully saturated rings. The van der Waals surface area contributed by atoms with Crippen LogP contribution in [0.3, 0.4) is 0 Å². The van der Waals surface area contributed by atoms with E-state index >= 15 is 0 Å². The zero-order chi connectivity index (χ0) is 9.61. The Hall–Kier alpha value is 0.610. The molecular weight excluding hydrogens is 201 g/mol. The maximum Gasteiger partial charge on any atom is 1.00 e. The molecule has 0 saturated carbocycles. The Bertz CT molecular complexity index is 228. The standard InChI is InChI=1S/C7H15NO3S.Na/c1-3-5-8(2)6-4-7-12(9,10)11;/h3H,1,4-7H2,2H3,(H,9,10,11);/q;+1/p-1. The molecule has 0 heterocycles. The summed E-state index contributed by atoms with van der Waals surface area (Å²) in [6, 6.07) is 0. The van der Waals surface area contributed by atoms with Gasteiger partial charge in [0.1, 0.15) is 0 Å². The van der Waals surface area contributed by atoms with Crippen LogP contribution in [0, 0.1) is 0 Å². The van der Waals surface area contributed by atoms with Crippen molar-refractivity contribution >= 4 is 10.1 Å². The minimum atomic E-state index is -4.04. The molecule has 0 aliphatic carbocycles. The first-order valence-corrected chi connectivity index (χ1v) is 5.26. The molecule has 0 aromatic heterocycles. The van der Waals surface area contributed by atoms with E-state index in [1.165, 1.54) is 0 Å². The summed E-state index contributed by atoms with van der Waals surface area (Å²) in [6.45, 7) is 4.85. The van der Waals surface area contributed by atoms with Crippen molar-refractivity contribution in [3.05, 3.63) is 12.7 Å². The summed E-state index contributed by atoms with van der Waals surface area (Å²) in [4.78, 5) is 1.90. The second kappa shape index (κ2) is 7.96.